The van der Waals surface area contributed by atoms with E-state index in [0.717, 1.165) is 42.7 Å². The second-order valence-electron chi connectivity index (χ2n) is 7.05. The molecule has 0 radical (unpaired) electrons. The summed E-state index contributed by atoms with van der Waals surface area (Å²) >= 11 is 0. The van der Waals surface area contributed by atoms with Crippen LogP contribution >= 0.6 is 0 Å². The fourth-order valence-electron chi connectivity index (χ4n) is 3.46. The van der Waals surface area contributed by atoms with Gasteiger partial charge in [-0.1, -0.05) is 12.1 Å². The number of rotatable bonds is 4. The number of ether oxygens (including phenoxy) is 2. The predicted molar refractivity (Wildman–Crippen MR) is 116 cm³/mol. The second kappa shape index (κ2) is 11.2. The average Bonchev–Trinajstić information content (AvgIpc) is 3.40. The number of hydrogen-bond acceptors (Lipinski definition) is 6. The van der Waals surface area contributed by atoms with Crippen LogP contribution in [0.2, 0.25) is 0 Å². The second-order valence-corrected chi connectivity index (χ2v) is 8.56. The third-order valence-corrected chi connectivity index (χ3v) is 5.70. The fourth-order valence-corrected chi connectivity index (χ4v) is 3.65. The van der Waals surface area contributed by atoms with Crippen molar-refractivity contribution in [2.24, 2.45) is 5.14 Å². The van der Waals surface area contributed by atoms with Crippen LogP contribution in [0.1, 0.15) is 24.0 Å². The van der Waals surface area contributed by atoms with E-state index in [-0.39, 0.29) is 35.7 Å². The number of nitrogen functional groups attached to an aromatic ring is 1. The Morgan fingerprint density at radius 2 is 2.10 bits per heavy atom. The zero-order valence-corrected chi connectivity index (χ0v) is 20.3. The van der Waals surface area contributed by atoms with Gasteiger partial charge in [0.25, 0.3) is 0 Å². The zero-order valence-electron chi connectivity index (χ0n) is 17.5. The Morgan fingerprint density at radius 1 is 1.32 bits per heavy atom. The number of fused-ring (bicyclic) bond motifs is 1. The van der Waals surface area contributed by atoms with Gasteiger partial charge in [-0.05, 0) is 42.0 Å². The Bertz CT molecular complexity index is 1050. The van der Waals surface area contributed by atoms with Crippen LogP contribution in [0.15, 0.2) is 36.5 Å². The van der Waals surface area contributed by atoms with Crippen molar-refractivity contribution in [2.75, 3.05) is 18.9 Å². The van der Waals surface area contributed by atoms with E-state index in [2.05, 4.69) is 28.8 Å². The molecule has 1 aromatic heterocycles. The third kappa shape index (κ3) is 6.61. The minimum atomic E-state index is -3.96. The SMILES string of the molecule is Nc1c(-c2ccnc(O[C@H]3CCOC3)c2)ccc2c1CCC2.[CH-]=CC(=[N-])S(N)(=O)=O.[Na+]. The Balaban J connectivity index is 0.000000329. The van der Waals surface area contributed by atoms with E-state index in [4.69, 9.17) is 20.6 Å². The molecule has 160 valence electrons. The number of aromatic nitrogens is 1. The van der Waals surface area contributed by atoms with Crippen molar-refractivity contribution in [3.8, 4) is 17.0 Å². The molecule has 2 heterocycles. The van der Waals surface area contributed by atoms with Gasteiger partial charge < -0.3 is 20.6 Å². The molecule has 8 nitrogen and oxygen atoms in total. The molecule has 31 heavy (non-hydrogen) atoms. The van der Waals surface area contributed by atoms with E-state index in [1.807, 2.05) is 12.1 Å². The summed E-state index contributed by atoms with van der Waals surface area (Å²) in [6.07, 6.45) is 6.76. The first kappa shape index (κ1) is 25.5. The largest absolute Gasteiger partial charge is 1.00 e. The molecule has 0 spiro atoms. The van der Waals surface area contributed by atoms with E-state index in [0.29, 0.717) is 18.6 Å². The van der Waals surface area contributed by atoms with Gasteiger partial charge in [-0.15, -0.1) is 0 Å². The van der Waals surface area contributed by atoms with Crippen molar-refractivity contribution in [2.45, 2.75) is 31.8 Å². The smallest absolute Gasteiger partial charge is 0.894 e. The van der Waals surface area contributed by atoms with Gasteiger partial charge in [-0.2, -0.15) is 0 Å². The van der Waals surface area contributed by atoms with E-state index < -0.39 is 15.1 Å². The molecule has 0 amide bonds. The van der Waals surface area contributed by atoms with Gasteiger partial charge in [-0.3, -0.25) is 6.58 Å². The Kier molecular flexibility index (Phi) is 9.23. The number of pyridine rings is 1. The summed E-state index contributed by atoms with van der Waals surface area (Å²) < 4.78 is 31.1. The Hall–Kier alpha value is -1.75. The number of nitrogens with zero attached hydrogens (tertiary/aromatic N) is 2. The summed E-state index contributed by atoms with van der Waals surface area (Å²) in [4.78, 5) is 4.31. The van der Waals surface area contributed by atoms with Crippen LogP contribution in [0.4, 0.5) is 5.69 Å². The van der Waals surface area contributed by atoms with Crippen LogP contribution in [0, 0.1) is 6.58 Å². The van der Waals surface area contributed by atoms with Gasteiger partial charge in [0, 0.05) is 29.9 Å². The standard InChI is InChI=1S/C18H20N2O2.C3H4N2O2S.Na/c19-18-15-3-1-2-12(15)4-5-16(18)13-6-8-20-17(10-13)22-14-7-9-21-11-14;1-2-3(4)8(5,6)7;/h4-6,8,10,14H,1-3,7,9,11,19H2;1-2H,(H2,5,6,7);/q;-2;+1/t14-;;/m0../s1. The monoisotopic (exact) mass is 451 g/mol. The molecule has 10 heteroatoms. The average molecular weight is 452 g/mol. The topological polar surface area (TPSA) is 140 Å². The summed E-state index contributed by atoms with van der Waals surface area (Å²) in [5.74, 6) is 0.646. The van der Waals surface area contributed by atoms with Gasteiger partial charge in [-0.25, -0.2) is 29.7 Å². The summed E-state index contributed by atoms with van der Waals surface area (Å²) in [5, 5.41) is 11.6. The quantitative estimate of drug-likeness (QED) is 0.206. The van der Waals surface area contributed by atoms with Crippen molar-refractivity contribution in [3.63, 3.8) is 0 Å². The van der Waals surface area contributed by atoms with E-state index in [1.54, 1.807) is 6.20 Å². The van der Waals surface area contributed by atoms with Gasteiger partial charge in [0.2, 0.25) is 5.88 Å². The maximum Gasteiger partial charge on any atom is 1.00 e. The molecule has 1 aliphatic heterocycles. The normalized spacial score (nSPS) is 17.0. The first-order chi connectivity index (χ1) is 14.3. The molecule has 4 rings (SSSR count). The first-order valence-electron chi connectivity index (χ1n) is 9.54. The first-order valence-corrected chi connectivity index (χ1v) is 11.1. The van der Waals surface area contributed by atoms with E-state index in [9.17, 15) is 8.42 Å². The van der Waals surface area contributed by atoms with Crippen molar-refractivity contribution in [1.82, 2.24) is 4.98 Å². The Labute approximate surface area is 204 Å². The van der Waals surface area contributed by atoms with Crippen molar-refractivity contribution in [3.05, 3.63) is 59.7 Å². The van der Waals surface area contributed by atoms with Crippen LogP contribution in [-0.2, 0) is 27.6 Å². The van der Waals surface area contributed by atoms with Gasteiger partial charge in [0.1, 0.15) is 16.1 Å². The van der Waals surface area contributed by atoms with E-state index >= 15 is 0 Å². The zero-order chi connectivity index (χ0) is 21.7. The fraction of sp³-hybridized carbons (Fsp3) is 0.333. The molecule has 1 atom stereocenters. The molecule has 2 aromatic rings. The molecule has 0 bridgehead atoms. The molecule has 0 unspecified atom stereocenters. The van der Waals surface area contributed by atoms with Crippen molar-refractivity contribution in [1.29, 1.82) is 0 Å². The van der Waals surface area contributed by atoms with Crippen LogP contribution in [0.3, 0.4) is 0 Å². The number of benzene rings is 1. The number of sulfonamides is 1. The minimum Gasteiger partial charge on any atom is -0.894 e. The van der Waals surface area contributed by atoms with Crippen LogP contribution in [-0.4, -0.2) is 37.8 Å². The molecular formula is C21H24N4NaO4S-. The van der Waals surface area contributed by atoms with Gasteiger partial charge in [0.15, 0.2) is 0 Å². The summed E-state index contributed by atoms with van der Waals surface area (Å²) in [6.45, 7) is 6.00. The predicted octanol–water partition coefficient (Wildman–Crippen LogP) is -0.777. The summed E-state index contributed by atoms with van der Waals surface area (Å²) in [5.41, 5.74) is 12.2. The van der Waals surface area contributed by atoms with Gasteiger partial charge >= 0.3 is 29.6 Å². The van der Waals surface area contributed by atoms with Crippen LogP contribution in [0.5, 0.6) is 5.88 Å². The number of nitrogens with two attached hydrogens (primary N) is 2. The maximum absolute atomic E-state index is 9.94. The molecule has 2 aliphatic rings. The Morgan fingerprint density at radius 3 is 2.71 bits per heavy atom. The molecule has 1 saturated heterocycles. The number of anilines is 1. The summed E-state index contributed by atoms with van der Waals surface area (Å²) in [6, 6.07) is 8.30. The third-order valence-electron chi connectivity index (χ3n) is 4.98. The number of hydrogen-bond donors (Lipinski definition) is 2. The maximum atomic E-state index is 9.94. The molecular weight excluding hydrogens is 427 g/mol. The van der Waals surface area contributed by atoms with Crippen molar-refractivity contribution < 1.29 is 47.4 Å². The van der Waals surface area contributed by atoms with Crippen molar-refractivity contribution >= 4 is 20.8 Å². The van der Waals surface area contributed by atoms with Crippen LogP contribution < -0.4 is 45.2 Å². The van der Waals surface area contributed by atoms with Crippen LogP contribution in [0.25, 0.3) is 16.5 Å². The van der Waals surface area contributed by atoms with Gasteiger partial charge in [0.05, 0.1) is 13.2 Å². The molecule has 4 N–H and O–H groups in total. The number of primary sulfonamides is 1. The molecule has 1 aliphatic carbocycles. The minimum absolute atomic E-state index is 0. The molecule has 0 saturated carbocycles. The number of aryl methyl sites for hydroxylation is 1. The summed E-state index contributed by atoms with van der Waals surface area (Å²) in [7, 11) is -3.96. The molecule has 1 fully saturated rings. The molecule has 1 aromatic carbocycles. The van der Waals surface area contributed by atoms with E-state index in [1.165, 1.54) is 17.5 Å².